The summed E-state index contributed by atoms with van der Waals surface area (Å²) in [6, 6.07) is 6.38. The van der Waals surface area contributed by atoms with Crippen LogP contribution in [-0.4, -0.2) is 34.5 Å². The molecule has 1 aromatic heterocycles. The van der Waals surface area contributed by atoms with Crippen molar-refractivity contribution in [2.24, 2.45) is 0 Å². The number of amides is 2. The zero-order valence-corrected chi connectivity index (χ0v) is 17.0. The Morgan fingerprint density at radius 1 is 1.28 bits per heavy atom. The zero-order chi connectivity index (χ0) is 20.8. The third kappa shape index (κ3) is 5.89. The Balaban J connectivity index is 1.44. The first-order valence-electron chi connectivity index (χ1n) is 10.2. The van der Waals surface area contributed by atoms with Crippen molar-refractivity contribution in [3.8, 4) is 0 Å². The second kappa shape index (κ2) is 9.67. The van der Waals surface area contributed by atoms with E-state index in [-0.39, 0.29) is 23.7 Å². The molecule has 2 aromatic rings. The summed E-state index contributed by atoms with van der Waals surface area (Å²) in [6.45, 7) is 4.83. The Bertz CT molecular complexity index is 828. The molecule has 1 aromatic carbocycles. The van der Waals surface area contributed by atoms with Crippen LogP contribution in [0.1, 0.15) is 54.7 Å². The van der Waals surface area contributed by atoms with E-state index >= 15 is 0 Å². The van der Waals surface area contributed by atoms with Crippen molar-refractivity contribution in [3.05, 3.63) is 52.7 Å². The van der Waals surface area contributed by atoms with Gasteiger partial charge in [-0.3, -0.25) is 9.59 Å². The van der Waals surface area contributed by atoms with E-state index in [1.54, 1.807) is 12.1 Å². The maximum Gasteiger partial charge on any atom is 0.222 e. The molecule has 7 heteroatoms. The predicted molar refractivity (Wildman–Crippen MR) is 107 cm³/mol. The van der Waals surface area contributed by atoms with Crippen LogP contribution in [-0.2, 0) is 22.6 Å². The molecular weight excluding hydrogens is 373 g/mol. The SMILES string of the molecule is Cc1noc(C)c1CN1CCC(NC(=O)CCCc2ccc(F)cc2)CCC1=O. The zero-order valence-electron chi connectivity index (χ0n) is 17.0. The second-order valence-electron chi connectivity index (χ2n) is 7.69. The fraction of sp³-hybridized carbons (Fsp3) is 0.500. The number of nitrogens with one attached hydrogen (secondary N) is 1. The van der Waals surface area contributed by atoms with E-state index in [4.69, 9.17) is 4.52 Å². The van der Waals surface area contributed by atoms with Gasteiger partial charge in [0.15, 0.2) is 0 Å². The number of aryl methyl sites for hydroxylation is 3. The van der Waals surface area contributed by atoms with Crippen LogP contribution in [0, 0.1) is 19.7 Å². The molecule has 1 atom stereocenters. The van der Waals surface area contributed by atoms with Gasteiger partial charge in [0.1, 0.15) is 11.6 Å². The van der Waals surface area contributed by atoms with E-state index < -0.39 is 0 Å². The molecule has 0 radical (unpaired) electrons. The van der Waals surface area contributed by atoms with E-state index in [0.717, 1.165) is 35.4 Å². The fourth-order valence-corrected chi connectivity index (χ4v) is 3.67. The van der Waals surface area contributed by atoms with Gasteiger partial charge in [0.2, 0.25) is 11.8 Å². The van der Waals surface area contributed by atoms with E-state index in [1.807, 2.05) is 18.7 Å². The Labute approximate surface area is 170 Å². The van der Waals surface area contributed by atoms with Gasteiger partial charge >= 0.3 is 0 Å². The van der Waals surface area contributed by atoms with Crippen molar-refractivity contribution in [1.82, 2.24) is 15.4 Å². The van der Waals surface area contributed by atoms with E-state index in [0.29, 0.717) is 38.8 Å². The summed E-state index contributed by atoms with van der Waals surface area (Å²) in [5.74, 6) is 0.588. The van der Waals surface area contributed by atoms with Crippen LogP contribution >= 0.6 is 0 Å². The molecule has 0 spiro atoms. The third-order valence-electron chi connectivity index (χ3n) is 5.48. The third-order valence-corrected chi connectivity index (χ3v) is 5.48. The van der Waals surface area contributed by atoms with Crippen LogP contribution in [0.5, 0.6) is 0 Å². The minimum Gasteiger partial charge on any atom is -0.361 e. The van der Waals surface area contributed by atoms with Crippen LogP contribution in [0.4, 0.5) is 4.39 Å². The Hall–Kier alpha value is -2.70. The number of nitrogens with zero attached hydrogens (tertiary/aromatic N) is 2. The molecule has 6 nitrogen and oxygen atoms in total. The lowest BCUT2D eigenvalue weighted by Gasteiger charge is -2.21. The fourth-order valence-electron chi connectivity index (χ4n) is 3.67. The standard InChI is InChI=1S/C22H28FN3O3/c1-15-20(16(2)29-25-15)14-26-13-12-19(10-11-22(26)28)24-21(27)5-3-4-17-6-8-18(23)9-7-17/h6-9,19H,3-5,10-14H2,1-2H3,(H,24,27). The van der Waals surface area contributed by atoms with Gasteiger partial charge in [0.05, 0.1) is 12.2 Å². The van der Waals surface area contributed by atoms with Gasteiger partial charge in [-0.2, -0.15) is 0 Å². The average Bonchev–Trinajstić information content (AvgIpc) is 2.90. The summed E-state index contributed by atoms with van der Waals surface area (Å²) in [5.41, 5.74) is 2.79. The minimum atomic E-state index is -0.252. The molecular formula is C22H28FN3O3. The summed E-state index contributed by atoms with van der Waals surface area (Å²) >= 11 is 0. The largest absolute Gasteiger partial charge is 0.361 e. The highest BCUT2D eigenvalue weighted by molar-refractivity contribution is 5.78. The number of rotatable bonds is 7. The van der Waals surface area contributed by atoms with Crippen molar-refractivity contribution in [3.63, 3.8) is 0 Å². The van der Waals surface area contributed by atoms with Gasteiger partial charge in [0, 0.05) is 31.0 Å². The van der Waals surface area contributed by atoms with Crippen LogP contribution in [0.25, 0.3) is 0 Å². The number of halogens is 1. The first kappa shape index (κ1) is 21.0. The Morgan fingerprint density at radius 2 is 2.03 bits per heavy atom. The highest BCUT2D eigenvalue weighted by atomic mass is 19.1. The number of carbonyl (C=O) groups excluding carboxylic acids is 2. The first-order valence-corrected chi connectivity index (χ1v) is 10.2. The quantitative estimate of drug-likeness (QED) is 0.771. The highest BCUT2D eigenvalue weighted by Crippen LogP contribution is 2.19. The normalized spacial score (nSPS) is 17.3. The maximum absolute atomic E-state index is 12.9. The average molecular weight is 401 g/mol. The molecule has 156 valence electrons. The highest BCUT2D eigenvalue weighted by Gasteiger charge is 2.25. The molecule has 1 aliphatic rings. The molecule has 2 heterocycles. The number of likely N-dealkylation sites (tertiary alicyclic amines) is 1. The molecule has 1 fully saturated rings. The van der Waals surface area contributed by atoms with Gasteiger partial charge in [-0.1, -0.05) is 17.3 Å². The van der Waals surface area contributed by atoms with Crippen molar-refractivity contribution in [2.45, 2.75) is 65.0 Å². The molecule has 29 heavy (non-hydrogen) atoms. The molecule has 1 aliphatic heterocycles. The number of hydrogen-bond donors (Lipinski definition) is 1. The van der Waals surface area contributed by atoms with E-state index in [1.165, 1.54) is 12.1 Å². The van der Waals surface area contributed by atoms with Gasteiger partial charge in [-0.05, 0) is 57.2 Å². The lowest BCUT2D eigenvalue weighted by atomic mass is 10.1. The Kier molecular flexibility index (Phi) is 7.01. The molecule has 1 N–H and O–H groups in total. The lowest BCUT2D eigenvalue weighted by molar-refractivity contribution is -0.131. The van der Waals surface area contributed by atoms with Gasteiger partial charge in [-0.15, -0.1) is 0 Å². The molecule has 2 amide bonds. The van der Waals surface area contributed by atoms with Crippen LogP contribution < -0.4 is 5.32 Å². The molecule has 0 saturated carbocycles. The summed E-state index contributed by atoms with van der Waals surface area (Å²) < 4.78 is 18.1. The number of aromatic nitrogens is 1. The van der Waals surface area contributed by atoms with Crippen LogP contribution in [0.3, 0.4) is 0 Å². The molecule has 0 bridgehead atoms. The van der Waals surface area contributed by atoms with E-state index in [9.17, 15) is 14.0 Å². The van der Waals surface area contributed by atoms with Crippen LogP contribution in [0.15, 0.2) is 28.8 Å². The molecule has 3 rings (SSSR count). The Morgan fingerprint density at radius 3 is 2.72 bits per heavy atom. The van der Waals surface area contributed by atoms with Crippen molar-refractivity contribution >= 4 is 11.8 Å². The van der Waals surface area contributed by atoms with Crippen molar-refractivity contribution in [1.29, 1.82) is 0 Å². The topological polar surface area (TPSA) is 75.4 Å². The predicted octanol–water partition coefficient (Wildman–Crippen LogP) is 3.45. The van der Waals surface area contributed by atoms with E-state index in [2.05, 4.69) is 10.5 Å². The maximum atomic E-state index is 12.9. The summed E-state index contributed by atoms with van der Waals surface area (Å²) in [7, 11) is 0. The second-order valence-corrected chi connectivity index (χ2v) is 7.69. The lowest BCUT2D eigenvalue weighted by Crippen LogP contribution is -2.35. The number of hydrogen-bond acceptors (Lipinski definition) is 4. The monoisotopic (exact) mass is 401 g/mol. The van der Waals surface area contributed by atoms with Crippen molar-refractivity contribution in [2.75, 3.05) is 6.54 Å². The summed E-state index contributed by atoms with van der Waals surface area (Å²) in [4.78, 5) is 26.6. The molecule has 1 saturated heterocycles. The summed E-state index contributed by atoms with van der Waals surface area (Å²) in [6.07, 6.45) is 3.68. The molecule has 1 unspecified atom stereocenters. The molecule has 0 aliphatic carbocycles. The summed E-state index contributed by atoms with van der Waals surface area (Å²) in [5, 5.41) is 7.02. The first-order chi connectivity index (χ1) is 13.9. The number of carbonyl (C=O) groups is 2. The van der Waals surface area contributed by atoms with Crippen molar-refractivity contribution < 1.29 is 18.5 Å². The van der Waals surface area contributed by atoms with Crippen LogP contribution in [0.2, 0.25) is 0 Å². The smallest absolute Gasteiger partial charge is 0.222 e. The van der Waals surface area contributed by atoms with Gasteiger partial charge in [0.25, 0.3) is 0 Å². The van der Waals surface area contributed by atoms with Gasteiger partial charge < -0.3 is 14.7 Å². The minimum absolute atomic E-state index is 0.00346. The van der Waals surface area contributed by atoms with Gasteiger partial charge in [-0.25, -0.2) is 4.39 Å². The number of benzene rings is 1.